The molecule has 2 heterocycles. The molecule has 2 amide bonds. The number of carboxylic acid groups (broad SMARTS) is 1. The van der Waals surface area contributed by atoms with Gasteiger partial charge in [0, 0.05) is 5.56 Å². The van der Waals surface area contributed by atoms with E-state index < -0.39 is 35.7 Å². The quantitative estimate of drug-likeness (QED) is 0.840. The number of aliphatic carboxylic acids is 1. The summed E-state index contributed by atoms with van der Waals surface area (Å²) >= 11 is 0. The van der Waals surface area contributed by atoms with Crippen molar-refractivity contribution in [1.29, 1.82) is 0 Å². The average Bonchev–Trinajstić information content (AvgIpc) is 2.62. The van der Waals surface area contributed by atoms with Gasteiger partial charge in [-0.15, -0.1) is 0 Å². The van der Waals surface area contributed by atoms with E-state index >= 15 is 0 Å². The summed E-state index contributed by atoms with van der Waals surface area (Å²) < 4.78 is 18.4. The van der Waals surface area contributed by atoms with Gasteiger partial charge in [0.1, 0.15) is 11.9 Å². The first kappa shape index (κ1) is 18.3. The maximum Gasteiger partial charge on any atom is 0.328 e. The van der Waals surface area contributed by atoms with E-state index in [9.17, 15) is 23.9 Å². The number of hydrogen-bond acceptors (Lipinski definition) is 4. The normalized spacial score (nSPS) is 26.4. The Hall–Kier alpha value is -2.48. The van der Waals surface area contributed by atoms with Crippen molar-refractivity contribution in [3.63, 3.8) is 0 Å². The number of rotatable bonds is 3. The third-order valence-corrected chi connectivity index (χ3v) is 4.84. The van der Waals surface area contributed by atoms with Gasteiger partial charge in [0.05, 0.1) is 19.3 Å². The Morgan fingerprint density at radius 3 is 2.54 bits per heavy atom. The van der Waals surface area contributed by atoms with Crippen LogP contribution in [-0.2, 0) is 14.3 Å². The first-order chi connectivity index (χ1) is 12.5. The molecule has 8 heteroatoms. The summed E-state index contributed by atoms with van der Waals surface area (Å²) in [5.41, 5.74) is 0.245. The number of carboxylic acids is 1. The molecule has 0 saturated carbocycles. The number of carbonyl (C=O) groups excluding carboxylic acids is 2. The molecule has 26 heavy (non-hydrogen) atoms. The summed E-state index contributed by atoms with van der Waals surface area (Å²) in [6.45, 7) is 0.240. The van der Waals surface area contributed by atoms with Crippen LogP contribution in [0.15, 0.2) is 24.3 Å². The second-order valence-electron chi connectivity index (χ2n) is 6.61. The minimum Gasteiger partial charge on any atom is -0.480 e. The second-order valence-corrected chi connectivity index (χ2v) is 6.61. The maximum atomic E-state index is 13.0. The average molecular weight is 364 g/mol. The molecular formula is C18H21FN2O5. The summed E-state index contributed by atoms with van der Waals surface area (Å²) in [5, 5.41) is 12.1. The van der Waals surface area contributed by atoms with Crippen LogP contribution in [0.5, 0.6) is 0 Å². The molecule has 0 unspecified atom stereocenters. The van der Waals surface area contributed by atoms with E-state index in [4.69, 9.17) is 4.74 Å². The number of nitrogens with zero attached hydrogens (tertiary/aromatic N) is 1. The summed E-state index contributed by atoms with van der Waals surface area (Å²) in [6, 6.07) is 2.87. The predicted octanol–water partition coefficient (Wildman–Crippen LogP) is 1.18. The van der Waals surface area contributed by atoms with Gasteiger partial charge in [-0.25, -0.2) is 9.18 Å². The molecule has 3 rings (SSSR count). The largest absolute Gasteiger partial charge is 0.480 e. The number of ether oxygens (including phenoxy) is 1. The third-order valence-electron chi connectivity index (χ3n) is 4.84. The Kier molecular flexibility index (Phi) is 5.51. The molecular weight excluding hydrogens is 343 g/mol. The topological polar surface area (TPSA) is 95.9 Å². The van der Waals surface area contributed by atoms with E-state index in [1.54, 1.807) is 0 Å². The molecule has 140 valence electrons. The molecule has 1 aromatic carbocycles. The lowest BCUT2D eigenvalue weighted by molar-refractivity contribution is -0.165. The fourth-order valence-electron chi connectivity index (χ4n) is 3.49. The van der Waals surface area contributed by atoms with Crippen LogP contribution >= 0.6 is 0 Å². The Bertz CT molecular complexity index is 693. The lowest BCUT2D eigenvalue weighted by Gasteiger charge is -2.43. The lowest BCUT2D eigenvalue weighted by Crippen LogP contribution is -2.62. The van der Waals surface area contributed by atoms with Crippen molar-refractivity contribution < 1.29 is 28.6 Å². The molecule has 2 fully saturated rings. The Morgan fingerprint density at radius 1 is 1.15 bits per heavy atom. The summed E-state index contributed by atoms with van der Waals surface area (Å²) in [4.78, 5) is 38.3. The van der Waals surface area contributed by atoms with Gasteiger partial charge in [0.25, 0.3) is 5.91 Å². The highest BCUT2D eigenvalue weighted by atomic mass is 19.1. The lowest BCUT2D eigenvalue weighted by atomic mass is 9.95. The third kappa shape index (κ3) is 3.85. The zero-order chi connectivity index (χ0) is 18.7. The fraction of sp³-hybridized carbons (Fsp3) is 0.500. The van der Waals surface area contributed by atoms with Gasteiger partial charge in [-0.3, -0.25) is 9.59 Å². The van der Waals surface area contributed by atoms with Crippen molar-refractivity contribution in [1.82, 2.24) is 10.2 Å². The van der Waals surface area contributed by atoms with Crippen molar-refractivity contribution in [3.05, 3.63) is 35.6 Å². The zero-order valence-corrected chi connectivity index (χ0v) is 14.2. The molecule has 0 bridgehead atoms. The van der Waals surface area contributed by atoms with Crippen LogP contribution in [0.2, 0.25) is 0 Å². The van der Waals surface area contributed by atoms with Crippen LogP contribution in [-0.4, -0.2) is 59.1 Å². The van der Waals surface area contributed by atoms with Crippen molar-refractivity contribution >= 4 is 17.8 Å². The van der Waals surface area contributed by atoms with E-state index in [0.29, 0.717) is 19.4 Å². The first-order valence-corrected chi connectivity index (χ1v) is 8.66. The number of hydrogen-bond donors (Lipinski definition) is 2. The van der Waals surface area contributed by atoms with Crippen molar-refractivity contribution in [2.45, 2.75) is 43.8 Å². The fourth-order valence-corrected chi connectivity index (χ4v) is 3.49. The summed E-state index contributed by atoms with van der Waals surface area (Å²) in [5.74, 6) is -2.46. The number of nitrogens with one attached hydrogen (secondary N) is 1. The minimum atomic E-state index is -1.12. The van der Waals surface area contributed by atoms with Crippen LogP contribution in [0.4, 0.5) is 4.39 Å². The zero-order valence-electron chi connectivity index (χ0n) is 14.2. The summed E-state index contributed by atoms with van der Waals surface area (Å²) in [6.07, 6.45) is 2.66. The van der Waals surface area contributed by atoms with Crippen molar-refractivity contribution in [2.75, 3.05) is 13.2 Å². The van der Waals surface area contributed by atoms with Gasteiger partial charge < -0.3 is 20.1 Å². The number of benzene rings is 1. The van der Waals surface area contributed by atoms with E-state index in [-0.39, 0.29) is 18.2 Å². The number of halogens is 1. The number of amides is 2. The molecule has 1 aromatic rings. The van der Waals surface area contributed by atoms with Crippen molar-refractivity contribution in [3.8, 4) is 0 Å². The standard InChI is InChI=1S/C18H21FN2O5/c19-12-7-5-11(6-8-12)16(22)20-14-4-2-1-3-13-9-26-10-15(18(24)25)21(13)17(14)23/h5-8,13-15H,1-4,9-10H2,(H,20,22)(H,24,25)/t13-,14-,15-/m0/s1. The van der Waals surface area contributed by atoms with Crippen LogP contribution in [0.1, 0.15) is 36.0 Å². The molecule has 3 atom stereocenters. The van der Waals surface area contributed by atoms with E-state index in [2.05, 4.69) is 5.32 Å². The van der Waals surface area contributed by atoms with Gasteiger partial charge in [0.2, 0.25) is 5.91 Å². The van der Waals surface area contributed by atoms with Gasteiger partial charge in [0.15, 0.2) is 6.04 Å². The molecule has 2 N–H and O–H groups in total. The smallest absolute Gasteiger partial charge is 0.328 e. The Balaban J connectivity index is 1.79. The molecule has 2 saturated heterocycles. The van der Waals surface area contributed by atoms with Crippen LogP contribution < -0.4 is 5.32 Å². The second kappa shape index (κ2) is 7.82. The predicted molar refractivity (Wildman–Crippen MR) is 89.0 cm³/mol. The number of morpholine rings is 1. The molecule has 2 aliphatic heterocycles. The SMILES string of the molecule is O=C(N[C@H]1CCCC[C@H]2COC[C@@H](C(=O)O)N2C1=O)c1ccc(F)cc1. The van der Waals surface area contributed by atoms with E-state index in [0.717, 1.165) is 12.8 Å². The molecule has 7 nitrogen and oxygen atoms in total. The number of fused-ring (bicyclic) bond motifs is 1. The highest BCUT2D eigenvalue weighted by Crippen LogP contribution is 2.24. The van der Waals surface area contributed by atoms with Gasteiger partial charge >= 0.3 is 5.97 Å². The maximum absolute atomic E-state index is 13.0. The molecule has 0 aliphatic carbocycles. The van der Waals surface area contributed by atoms with Gasteiger partial charge in [-0.05, 0) is 37.1 Å². The highest BCUT2D eigenvalue weighted by Gasteiger charge is 2.42. The molecule has 0 spiro atoms. The Morgan fingerprint density at radius 2 is 1.85 bits per heavy atom. The first-order valence-electron chi connectivity index (χ1n) is 8.66. The van der Waals surface area contributed by atoms with Crippen LogP contribution in [0.25, 0.3) is 0 Å². The van der Waals surface area contributed by atoms with Crippen LogP contribution in [0.3, 0.4) is 0 Å². The monoisotopic (exact) mass is 364 g/mol. The van der Waals surface area contributed by atoms with E-state index in [1.807, 2.05) is 0 Å². The van der Waals surface area contributed by atoms with Gasteiger partial charge in [-0.1, -0.05) is 12.8 Å². The van der Waals surface area contributed by atoms with E-state index in [1.165, 1.54) is 29.2 Å². The number of carbonyl (C=O) groups is 3. The van der Waals surface area contributed by atoms with Crippen LogP contribution in [0, 0.1) is 5.82 Å². The molecule has 0 aromatic heterocycles. The summed E-state index contributed by atoms with van der Waals surface area (Å²) in [7, 11) is 0. The minimum absolute atomic E-state index is 0.0593. The molecule has 0 radical (unpaired) electrons. The Labute approximate surface area is 150 Å². The molecule has 2 aliphatic rings. The van der Waals surface area contributed by atoms with Gasteiger partial charge in [-0.2, -0.15) is 0 Å². The highest BCUT2D eigenvalue weighted by molar-refractivity contribution is 5.98. The van der Waals surface area contributed by atoms with Crippen molar-refractivity contribution in [2.24, 2.45) is 0 Å².